The predicted octanol–water partition coefficient (Wildman–Crippen LogP) is 3.40. The second-order valence-electron chi connectivity index (χ2n) is 5.57. The van der Waals surface area contributed by atoms with E-state index in [1.54, 1.807) is 37.3 Å². The molecule has 0 radical (unpaired) electrons. The van der Waals surface area contributed by atoms with Crippen molar-refractivity contribution in [2.75, 3.05) is 0 Å². The van der Waals surface area contributed by atoms with Crippen molar-refractivity contribution in [3.05, 3.63) is 75.8 Å². The van der Waals surface area contributed by atoms with Crippen LogP contribution in [-0.4, -0.2) is 15.9 Å². The van der Waals surface area contributed by atoms with E-state index >= 15 is 0 Å². The molecule has 0 aliphatic heterocycles. The van der Waals surface area contributed by atoms with E-state index < -0.39 is 12.1 Å². The molecule has 122 valence electrons. The molecule has 1 N–H and O–H groups in total. The van der Waals surface area contributed by atoms with Gasteiger partial charge in [0, 0.05) is 0 Å². The van der Waals surface area contributed by atoms with Crippen molar-refractivity contribution >= 4 is 16.9 Å². The van der Waals surface area contributed by atoms with Crippen LogP contribution in [0, 0.1) is 0 Å². The van der Waals surface area contributed by atoms with Crippen molar-refractivity contribution < 1.29 is 9.53 Å². The summed E-state index contributed by atoms with van der Waals surface area (Å²) in [6, 6.07) is 14.3. The highest BCUT2D eigenvalue weighted by atomic mass is 16.5. The highest BCUT2D eigenvalue weighted by molar-refractivity contribution is 5.89. The van der Waals surface area contributed by atoms with Crippen LogP contribution in [0.1, 0.15) is 41.7 Å². The Morgan fingerprint density at radius 3 is 2.58 bits per heavy atom. The van der Waals surface area contributed by atoms with Crippen LogP contribution in [-0.2, 0) is 11.2 Å². The molecule has 0 saturated heterocycles. The number of ether oxygens (including phenoxy) is 1. The third kappa shape index (κ3) is 3.20. The van der Waals surface area contributed by atoms with E-state index in [0.29, 0.717) is 22.3 Å². The summed E-state index contributed by atoms with van der Waals surface area (Å²) in [5.74, 6) is -0.113. The van der Waals surface area contributed by atoms with Gasteiger partial charge in [0.1, 0.15) is 0 Å². The summed E-state index contributed by atoms with van der Waals surface area (Å²) in [6.45, 7) is 3.74. The number of H-pyrrole nitrogens is 1. The Bertz CT molecular complexity index is 929. The fraction of sp³-hybridized carbons (Fsp3) is 0.211. The minimum atomic E-state index is -0.652. The molecule has 1 heterocycles. The van der Waals surface area contributed by atoms with Crippen LogP contribution in [0.15, 0.2) is 53.3 Å². The smallest absolute Gasteiger partial charge is 0.338 e. The molecular weight excluding hydrogens is 304 g/mol. The molecule has 2 aromatic carbocycles. The summed E-state index contributed by atoms with van der Waals surface area (Å²) in [7, 11) is 0. The maximum Gasteiger partial charge on any atom is 0.338 e. The van der Waals surface area contributed by atoms with Gasteiger partial charge in [0.25, 0.3) is 5.56 Å². The molecule has 0 bridgehead atoms. The van der Waals surface area contributed by atoms with E-state index in [2.05, 4.69) is 16.9 Å². The first-order valence-corrected chi connectivity index (χ1v) is 7.87. The van der Waals surface area contributed by atoms with Crippen molar-refractivity contribution in [1.29, 1.82) is 0 Å². The summed E-state index contributed by atoms with van der Waals surface area (Å²) >= 11 is 0. The average Bonchev–Trinajstić information content (AvgIpc) is 2.61. The van der Waals surface area contributed by atoms with E-state index in [0.717, 1.165) is 12.0 Å². The number of nitrogens with one attached hydrogen (secondary N) is 1. The lowest BCUT2D eigenvalue weighted by atomic mass is 10.1. The van der Waals surface area contributed by atoms with Gasteiger partial charge in [0.2, 0.25) is 0 Å². The molecule has 24 heavy (non-hydrogen) atoms. The zero-order valence-electron chi connectivity index (χ0n) is 13.6. The van der Waals surface area contributed by atoms with Crippen LogP contribution in [0.2, 0.25) is 0 Å². The highest BCUT2D eigenvalue weighted by Gasteiger charge is 2.16. The van der Waals surface area contributed by atoms with Crippen molar-refractivity contribution in [3.63, 3.8) is 0 Å². The Labute approximate surface area is 139 Å². The van der Waals surface area contributed by atoms with Crippen molar-refractivity contribution in [3.8, 4) is 0 Å². The molecule has 0 saturated carbocycles. The maximum atomic E-state index is 12.2. The molecule has 5 heteroatoms. The Morgan fingerprint density at radius 2 is 1.88 bits per heavy atom. The van der Waals surface area contributed by atoms with Gasteiger partial charge in [-0.15, -0.1) is 0 Å². The molecule has 1 unspecified atom stereocenters. The number of carbonyl (C=O) groups is 1. The Kier molecular flexibility index (Phi) is 4.42. The Hall–Kier alpha value is -2.95. The summed E-state index contributed by atoms with van der Waals surface area (Å²) in [5, 5.41) is 0.509. The van der Waals surface area contributed by atoms with Crippen molar-refractivity contribution in [1.82, 2.24) is 9.97 Å². The quantitative estimate of drug-likeness (QED) is 0.747. The van der Waals surface area contributed by atoms with Gasteiger partial charge in [-0.2, -0.15) is 0 Å². The predicted molar refractivity (Wildman–Crippen MR) is 92.0 cm³/mol. The zero-order chi connectivity index (χ0) is 17.1. The molecular formula is C19H18N2O3. The van der Waals surface area contributed by atoms with E-state index in [-0.39, 0.29) is 5.56 Å². The van der Waals surface area contributed by atoms with Crippen LogP contribution in [0.3, 0.4) is 0 Å². The maximum absolute atomic E-state index is 12.2. The van der Waals surface area contributed by atoms with E-state index in [1.165, 1.54) is 0 Å². The second kappa shape index (κ2) is 6.66. The molecule has 0 amide bonds. The number of esters is 1. The van der Waals surface area contributed by atoms with Crippen LogP contribution < -0.4 is 5.56 Å². The number of benzene rings is 2. The number of fused-ring (bicyclic) bond motifs is 1. The number of aromatic nitrogens is 2. The molecule has 3 rings (SSSR count). The number of para-hydroxylation sites is 1. The SMILES string of the molecule is CCc1ccc(C(=O)OC(C)c2nc3ccccc3c(=O)[nH]2)cc1. The monoisotopic (exact) mass is 322 g/mol. The van der Waals surface area contributed by atoms with E-state index in [9.17, 15) is 9.59 Å². The summed E-state index contributed by atoms with van der Waals surface area (Å²) in [6.07, 6.45) is 0.259. The molecule has 1 aromatic heterocycles. The second-order valence-corrected chi connectivity index (χ2v) is 5.57. The normalized spacial score (nSPS) is 12.1. The number of aromatic amines is 1. The minimum absolute atomic E-state index is 0.245. The van der Waals surface area contributed by atoms with Gasteiger partial charge in [-0.05, 0) is 43.2 Å². The fourth-order valence-electron chi connectivity index (χ4n) is 2.46. The number of rotatable bonds is 4. The number of carbonyl (C=O) groups excluding carboxylic acids is 1. The minimum Gasteiger partial charge on any atom is -0.451 e. The lowest BCUT2D eigenvalue weighted by Crippen LogP contribution is -2.17. The van der Waals surface area contributed by atoms with Gasteiger partial charge in [-0.3, -0.25) is 4.79 Å². The number of aryl methyl sites for hydroxylation is 1. The third-order valence-electron chi connectivity index (χ3n) is 3.90. The number of hydrogen-bond acceptors (Lipinski definition) is 4. The first-order valence-electron chi connectivity index (χ1n) is 7.87. The van der Waals surface area contributed by atoms with Gasteiger partial charge in [-0.25, -0.2) is 9.78 Å². The lowest BCUT2D eigenvalue weighted by Gasteiger charge is -2.13. The third-order valence-corrected chi connectivity index (χ3v) is 3.90. The standard InChI is InChI=1S/C19H18N2O3/c1-3-13-8-10-14(11-9-13)19(23)24-12(2)17-20-16-7-5-4-6-15(16)18(22)21-17/h4-12H,3H2,1-2H3,(H,20,21,22). The van der Waals surface area contributed by atoms with Gasteiger partial charge in [0.05, 0.1) is 16.5 Å². The highest BCUT2D eigenvalue weighted by Crippen LogP contribution is 2.17. The van der Waals surface area contributed by atoms with E-state index in [1.807, 2.05) is 18.2 Å². The van der Waals surface area contributed by atoms with Crippen LogP contribution >= 0.6 is 0 Å². The molecule has 0 fully saturated rings. The van der Waals surface area contributed by atoms with Gasteiger partial charge < -0.3 is 9.72 Å². The molecule has 5 nitrogen and oxygen atoms in total. The Balaban J connectivity index is 1.82. The molecule has 0 spiro atoms. The molecule has 1 atom stereocenters. The van der Waals surface area contributed by atoms with Gasteiger partial charge in [-0.1, -0.05) is 31.2 Å². The summed E-state index contributed by atoms with van der Waals surface area (Å²) in [5.41, 5.74) is 1.96. The Morgan fingerprint density at radius 1 is 1.17 bits per heavy atom. The van der Waals surface area contributed by atoms with Crippen LogP contribution in [0.4, 0.5) is 0 Å². The van der Waals surface area contributed by atoms with E-state index in [4.69, 9.17) is 4.74 Å². The lowest BCUT2D eigenvalue weighted by molar-refractivity contribution is 0.0320. The van der Waals surface area contributed by atoms with Crippen molar-refractivity contribution in [2.24, 2.45) is 0 Å². The molecule has 0 aliphatic rings. The van der Waals surface area contributed by atoms with Gasteiger partial charge in [0.15, 0.2) is 11.9 Å². The average molecular weight is 322 g/mol. The number of nitrogens with zero attached hydrogens (tertiary/aromatic N) is 1. The van der Waals surface area contributed by atoms with Crippen LogP contribution in [0.25, 0.3) is 10.9 Å². The van der Waals surface area contributed by atoms with Crippen LogP contribution in [0.5, 0.6) is 0 Å². The summed E-state index contributed by atoms with van der Waals surface area (Å²) < 4.78 is 5.43. The topological polar surface area (TPSA) is 72.0 Å². The van der Waals surface area contributed by atoms with Gasteiger partial charge >= 0.3 is 5.97 Å². The molecule has 0 aliphatic carbocycles. The number of hydrogen-bond donors (Lipinski definition) is 1. The summed E-state index contributed by atoms with van der Waals surface area (Å²) in [4.78, 5) is 31.4. The fourth-order valence-corrected chi connectivity index (χ4v) is 2.46. The van der Waals surface area contributed by atoms with Crippen molar-refractivity contribution in [2.45, 2.75) is 26.4 Å². The first-order chi connectivity index (χ1) is 11.6. The molecule has 3 aromatic rings. The largest absolute Gasteiger partial charge is 0.451 e. The zero-order valence-corrected chi connectivity index (χ0v) is 13.6. The first kappa shape index (κ1) is 15.9.